The van der Waals surface area contributed by atoms with Crippen LogP contribution in [0.4, 0.5) is 6.01 Å². The maximum Gasteiger partial charge on any atom is 0.329 e. The molecular formula is C16H21N3O4S. The Balaban J connectivity index is 1.71. The molecule has 0 aliphatic heterocycles. The maximum absolute atomic E-state index is 12.5. The lowest BCUT2D eigenvalue weighted by Crippen LogP contribution is -2.14. The van der Waals surface area contributed by atoms with Gasteiger partial charge in [-0.3, -0.25) is 0 Å². The molecule has 8 heteroatoms. The molecule has 1 heterocycles. The van der Waals surface area contributed by atoms with E-state index in [9.17, 15) is 8.42 Å². The van der Waals surface area contributed by atoms with E-state index in [-0.39, 0.29) is 16.7 Å². The van der Waals surface area contributed by atoms with Crippen molar-refractivity contribution in [3.63, 3.8) is 0 Å². The lowest BCUT2D eigenvalue weighted by atomic mass is 9.87. The number of para-hydroxylation sites is 1. The summed E-state index contributed by atoms with van der Waals surface area (Å²) < 4.78 is 37.8. The van der Waals surface area contributed by atoms with Crippen molar-refractivity contribution >= 4 is 16.0 Å². The van der Waals surface area contributed by atoms with Crippen molar-refractivity contribution in [2.75, 3.05) is 11.8 Å². The number of hydrogen-bond donors (Lipinski definition) is 1. The van der Waals surface area contributed by atoms with E-state index in [1.54, 1.807) is 18.2 Å². The van der Waals surface area contributed by atoms with Crippen LogP contribution in [0.3, 0.4) is 0 Å². The normalized spacial score (nSPS) is 16.0. The van der Waals surface area contributed by atoms with Crippen molar-refractivity contribution in [1.82, 2.24) is 10.2 Å². The minimum Gasteiger partial charge on any atom is -0.495 e. The van der Waals surface area contributed by atoms with Gasteiger partial charge in [-0.05, 0) is 30.9 Å². The van der Waals surface area contributed by atoms with Crippen LogP contribution in [0.1, 0.15) is 38.0 Å². The van der Waals surface area contributed by atoms with E-state index >= 15 is 0 Å². The highest BCUT2D eigenvalue weighted by atomic mass is 32.2. The van der Waals surface area contributed by atoms with Gasteiger partial charge in [-0.1, -0.05) is 36.5 Å². The molecule has 0 spiro atoms. The average molecular weight is 351 g/mol. The van der Waals surface area contributed by atoms with Gasteiger partial charge in [0, 0.05) is 6.42 Å². The van der Waals surface area contributed by atoms with Crippen molar-refractivity contribution in [1.29, 1.82) is 0 Å². The Kier molecular flexibility index (Phi) is 5.03. The minimum absolute atomic E-state index is 0.0273. The SMILES string of the molecule is COc1ccccc1S(=O)(=O)Nc1nnc(CC2CCCCC2)o1. The summed E-state index contributed by atoms with van der Waals surface area (Å²) in [5.41, 5.74) is 0. The molecule has 1 fully saturated rings. The van der Waals surface area contributed by atoms with E-state index in [2.05, 4.69) is 14.9 Å². The predicted molar refractivity (Wildman–Crippen MR) is 88.4 cm³/mol. The van der Waals surface area contributed by atoms with E-state index in [4.69, 9.17) is 9.15 Å². The highest BCUT2D eigenvalue weighted by Crippen LogP contribution is 2.28. The van der Waals surface area contributed by atoms with Crippen LogP contribution in [0, 0.1) is 5.92 Å². The van der Waals surface area contributed by atoms with Crippen molar-refractivity contribution < 1.29 is 17.6 Å². The smallest absolute Gasteiger partial charge is 0.329 e. The first kappa shape index (κ1) is 16.8. The number of benzene rings is 1. The molecule has 0 atom stereocenters. The molecule has 3 rings (SSSR count). The van der Waals surface area contributed by atoms with Crippen LogP contribution in [0.2, 0.25) is 0 Å². The van der Waals surface area contributed by atoms with Gasteiger partial charge in [0.15, 0.2) is 0 Å². The van der Waals surface area contributed by atoms with Gasteiger partial charge in [0.25, 0.3) is 10.0 Å². The number of ether oxygens (including phenoxy) is 1. The summed E-state index contributed by atoms with van der Waals surface area (Å²) in [6.45, 7) is 0. The minimum atomic E-state index is -3.85. The largest absolute Gasteiger partial charge is 0.495 e. The van der Waals surface area contributed by atoms with Gasteiger partial charge >= 0.3 is 6.01 Å². The van der Waals surface area contributed by atoms with Crippen LogP contribution in [0.5, 0.6) is 5.75 Å². The number of nitrogens with one attached hydrogen (secondary N) is 1. The molecule has 0 saturated heterocycles. The lowest BCUT2D eigenvalue weighted by Gasteiger charge is -2.19. The van der Waals surface area contributed by atoms with Crippen LogP contribution in [-0.4, -0.2) is 25.7 Å². The third-order valence-electron chi connectivity index (χ3n) is 4.24. The molecule has 7 nitrogen and oxygen atoms in total. The number of hydrogen-bond acceptors (Lipinski definition) is 6. The van der Waals surface area contributed by atoms with Crippen LogP contribution in [0.25, 0.3) is 0 Å². The fourth-order valence-corrected chi connectivity index (χ4v) is 4.12. The first-order valence-corrected chi connectivity index (χ1v) is 9.55. The molecule has 130 valence electrons. The Bertz CT molecular complexity index is 782. The van der Waals surface area contributed by atoms with Gasteiger partial charge in [0.1, 0.15) is 10.6 Å². The fraction of sp³-hybridized carbons (Fsp3) is 0.500. The highest BCUT2D eigenvalue weighted by molar-refractivity contribution is 7.92. The Morgan fingerprint density at radius 2 is 1.96 bits per heavy atom. The average Bonchev–Trinajstić information content (AvgIpc) is 3.02. The third kappa shape index (κ3) is 3.87. The van der Waals surface area contributed by atoms with Gasteiger partial charge in [0.05, 0.1) is 7.11 Å². The van der Waals surface area contributed by atoms with Crippen LogP contribution >= 0.6 is 0 Å². The van der Waals surface area contributed by atoms with Gasteiger partial charge in [-0.15, -0.1) is 5.10 Å². The number of methoxy groups -OCH3 is 1. The van der Waals surface area contributed by atoms with Crippen molar-refractivity contribution in [2.24, 2.45) is 5.92 Å². The molecular weight excluding hydrogens is 330 g/mol. The molecule has 1 aliphatic rings. The molecule has 24 heavy (non-hydrogen) atoms. The summed E-state index contributed by atoms with van der Waals surface area (Å²) in [5, 5.41) is 7.76. The van der Waals surface area contributed by atoms with Crippen molar-refractivity contribution in [3.8, 4) is 5.75 Å². The number of rotatable bonds is 6. The van der Waals surface area contributed by atoms with Gasteiger partial charge in [0.2, 0.25) is 5.89 Å². The molecule has 0 amide bonds. The second kappa shape index (κ2) is 7.21. The van der Waals surface area contributed by atoms with Crippen LogP contribution in [-0.2, 0) is 16.4 Å². The monoisotopic (exact) mass is 351 g/mol. The van der Waals surface area contributed by atoms with Crippen molar-refractivity contribution in [2.45, 2.75) is 43.4 Å². The predicted octanol–water partition coefficient (Wildman–Crippen LogP) is 3.00. The highest BCUT2D eigenvalue weighted by Gasteiger charge is 2.23. The first-order valence-electron chi connectivity index (χ1n) is 8.07. The molecule has 1 aliphatic carbocycles. The van der Waals surface area contributed by atoms with E-state index in [1.165, 1.54) is 32.4 Å². The van der Waals surface area contributed by atoms with Gasteiger partial charge in [-0.2, -0.15) is 0 Å². The standard InChI is InChI=1S/C16H21N3O4S/c1-22-13-9-5-6-10-14(13)24(20,21)19-16-18-17-15(23-16)11-12-7-3-2-4-8-12/h5-6,9-10,12H,2-4,7-8,11H2,1H3,(H,18,19). The van der Waals surface area contributed by atoms with E-state index in [1.807, 2.05) is 0 Å². The van der Waals surface area contributed by atoms with Gasteiger partial charge in [-0.25, -0.2) is 13.1 Å². The van der Waals surface area contributed by atoms with Crippen LogP contribution in [0.15, 0.2) is 33.6 Å². The molecule has 0 unspecified atom stereocenters. The van der Waals surface area contributed by atoms with Crippen molar-refractivity contribution in [3.05, 3.63) is 30.2 Å². The molecule has 1 aromatic carbocycles. The summed E-state index contributed by atoms with van der Waals surface area (Å²) in [4.78, 5) is 0.0273. The fourth-order valence-electron chi connectivity index (χ4n) is 3.03. The molecule has 1 saturated carbocycles. The summed E-state index contributed by atoms with van der Waals surface area (Å²) in [7, 11) is -2.43. The second-order valence-corrected chi connectivity index (χ2v) is 7.62. The van der Waals surface area contributed by atoms with Crippen LogP contribution < -0.4 is 9.46 Å². The van der Waals surface area contributed by atoms with Gasteiger partial charge < -0.3 is 9.15 Å². The summed E-state index contributed by atoms with van der Waals surface area (Å²) in [6, 6.07) is 6.25. The number of nitrogens with zero attached hydrogens (tertiary/aromatic N) is 2. The van der Waals surface area contributed by atoms with E-state index in [0.717, 1.165) is 12.8 Å². The third-order valence-corrected chi connectivity index (χ3v) is 5.59. The summed E-state index contributed by atoms with van der Waals surface area (Å²) in [6.07, 6.45) is 6.75. The number of sulfonamides is 1. The summed E-state index contributed by atoms with van der Waals surface area (Å²) >= 11 is 0. The lowest BCUT2D eigenvalue weighted by molar-refractivity contribution is 0.331. The Hall–Kier alpha value is -2.09. The maximum atomic E-state index is 12.5. The Labute approximate surface area is 141 Å². The Morgan fingerprint density at radius 1 is 1.21 bits per heavy atom. The second-order valence-electron chi connectivity index (χ2n) is 5.97. The summed E-state index contributed by atoms with van der Waals surface area (Å²) in [5.74, 6) is 1.27. The quantitative estimate of drug-likeness (QED) is 0.860. The number of anilines is 1. The molecule has 0 radical (unpaired) electrons. The zero-order chi connectivity index (χ0) is 17.0. The molecule has 2 aromatic rings. The number of aromatic nitrogens is 2. The molecule has 1 aromatic heterocycles. The topological polar surface area (TPSA) is 94.3 Å². The zero-order valence-electron chi connectivity index (χ0n) is 13.6. The first-order chi connectivity index (χ1) is 11.6. The molecule has 1 N–H and O–H groups in total. The Morgan fingerprint density at radius 3 is 2.71 bits per heavy atom. The molecule has 0 bridgehead atoms. The van der Waals surface area contributed by atoms with E-state index < -0.39 is 10.0 Å². The zero-order valence-corrected chi connectivity index (χ0v) is 14.4. The van der Waals surface area contributed by atoms with E-state index in [0.29, 0.717) is 18.2 Å².